The molecule has 0 spiro atoms. The quantitative estimate of drug-likeness (QED) is 0.661. The van der Waals surface area contributed by atoms with Gasteiger partial charge < -0.3 is 15.4 Å². The van der Waals surface area contributed by atoms with Crippen LogP contribution >= 0.6 is 0 Å². The first-order valence-electron chi connectivity index (χ1n) is 5.94. The van der Waals surface area contributed by atoms with E-state index in [1.807, 2.05) is 11.9 Å². The van der Waals surface area contributed by atoms with E-state index >= 15 is 0 Å². The van der Waals surface area contributed by atoms with Crippen molar-refractivity contribution in [2.45, 2.75) is 20.8 Å². The number of carbonyl (C=O) groups excluding carboxylic acids is 1. The van der Waals surface area contributed by atoms with Gasteiger partial charge in [-0.25, -0.2) is 4.79 Å². The molecule has 18 heavy (non-hydrogen) atoms. The molecule has 4 nitrogen and oxygen atoms in total. The number of para-hydroxylation sites is 1. The van der Waals surface area contributed by atoms with E-state index in [2.05, 4.69) is 20.8 Å². The Labute approximate surface area is 109 Å². The van der Waals surface area contributed by atoms with Gasteiger partial charge in [0.2, 0.25) is 0 Å². The maximum atomic E-state index is 11.8. The van der Waals surface area contributed by atoms with Crippen LogP contribution < -0.4 is 10.6 Å². The fourth-order valence-corrected chi connectivity index (χ4v) is 2.05. The minimum absolute atomic E-state index is 0.115. The molecule has 0 fully saturated rings. The van der Waals surface area contributed by atoms with Gasteiger partial charge in [0.15, 0.2) is 0 Å². The molecule has 0 aliphatic rings. The summed E-state index contributed by atoms with van der Waals surface area (Å²) in [5.74, 6) is -0.363. The number of esters is 1. The summed E-state index contributed by atoms with van der Waals surface area (Å²) in [7, 11) is 3.31. The van der Waals surface area contributed by atoms with Crippen LogP contribution in [0.5, 0.6) is 0 Å². The lowest BCUT2D eigenvalue weighted by Crippen LogP contribution is -2.31. The first-order valence-corrected chi connectivity index (χ1v) is 5.94. The Morgan fingerprint density at radius 1 is 1.39 bits per heavy atom. The molecule has 1 rings (SSSR count). The maximum Gasteiger partial charge on any atom is 0.340 e. The number of hydrogen-bond donors (Lipinski definition) is 1. The van der Waals surface area contributed by atoms with Gasteiger partial charge in [0.05, 0.1) is 24.0 Å². The van der Waals surface area contributed by atoms with Crippen LogP contribution in [0.1, 0.15) is 31.1 Å². The smallest absolute Gasteiger partial charge is 0.340 e. The van der Waals surface area contributed by atoms with Crippen LogP contribution in [-0.4, -0.2) is 26.7 Å². The summed E-state index contributed by atoms with van der Waals surface area (Å²) in [5.41, 5.74) is 7.93. The van der Waals surface area contributed by atoms with Crippen molar-refractivity contribution < 1.29 is 9.53 Å². The van der Waals surface area contributed by atoms with Crippen molar-refractivity contribution in [1.82, 2.24) is 0 Å². The van der Waals surface area contributed by atoms with Crippen LogP contribution in [0.15, 0.2) is 18.2 Å². The number of benzene rings is 1. The third kappa shape index (κ3) is 3.39. The van der Waals surface area contributed by atoms with Crippen LogP contribution in [-0.2, 0) is 4.74 Å². The molecule has 0 unspecified atom stereocenters. The van der Waals surface area contributed by atoms with Crippen molar-refractivity contribution in [2.24, 2.45) is 5.41 Å². The van der Waals surface area contributed by atoms with E-state index in [4.69, 9.17) is 10.5 Å². The van der Waals surface area contributed by atoms with E-state index in [0.29, 0.717) is 11.3 Å². The fourth-order valence-electron chi connectivity index (χ4n) is 2.05. The molecule has 0 aromatic heterocycles. The van der Waals surface area contributed by atoms with E-state index < -0.39 is 0 Å². The first-order chi connectivity index (χ1) is 8.26. The number of carbonyl (C=O) groups is 1. The SMILES string of the molecule is COC(=O)c1cccc(N)c1N(C)CC(C)(C)C. The van der Waals surface area contributed by atoms with Crippen molar-refractivity contribution in [3.8, 4) is 0 Å². The number of hydrogen-bond acceptors (Lipinski definition) is 4. The number of methoxy groups -OCH3 is 1. The van der Waals surface area contributed by atoms with Crippen molar-refractivity contribution in [3.63, 3.8) is 0 Å². The summed E-state index contributed by atoms with van der Waals surface area (Å²) < 4.78 is 4.79. The zero-order valence-electron chi connectivity index (χ0n) is 11.8. The van der Waals surface area contributed by atoms with Crippen LogP contribution in [0.4, 0.5) is 11.4 Å². The second-order valence-electron chi connectivity index (χ2n) is 5.65. The lowest BCUT2D eigenvalue weighted by Gasteiger charge is -2.30. The van der Waals surface area contributed by atoms with Gasteiger partial charge in [-0.1, -0.05) is 26.8 Å². The molecule has 0 amide bonds. The van der Waals surface area contributed by atoms with Gasteiger partial charge in [-0.2, -0.15) is 0 Å². The van der Waals surface area contributed by atoms with Crippen molar-refractivity contribution in [1.29, 1.82) is 0 Å². The number of nitrogens with two attached hydrogens (primary N) is 1. The Bertz CT molecular complexity index is 436. The molecule has 0 radical (unpaired) electrons. The summed E-state index contributed by atoms with van der Waals surface area (Å²) in [6, 6.07) is 5.29. The Morgan fingerprint density at radius 2 is 2.00 bits per heavy atom. The predicted molar refractivity (Wildman–Crippen MR) is 74.9 cm³/mol. The second kappa shape index (κ2) is 5.29. The molecule has 0 heterocycles. The molecule has 1 aromatic rings. The first kappa shape index (κ1) is 14.4. The molecule has 100 valence electrons. The Balaban J connectivity index is 3.17. The van der Waals surface area contributed by atoms with Crippen LogP contribution in [0, 0.1) is 5.41 Å². The maximum absolute atomic E-state index is 11.8. The molecule has 4 heteroatoms. The molecule has 1 aromatic carbocycles. The summed E-state index contributed by atoms with van der Waals surface area (Å²) in [4.78, 5) is 13.8. The molecule has 0 saturated heterocycles. The van der Waals surface area contributed by atoms with Crippen molar-refractivity contribution >= 4 is 17.3 Å². The van der Waals surface area contributed by atoms with Crippen LogP contribution in [0.2, 0.25) is 0 Å². The summed E-state index contributed by atoms with van der Waals surface area (Å²) >= 11 is 0. The number of anilines is 2. The predicted octanol–water partition coefficient (Wildman–Crippen LogP) is 2.54. The third-order valence-corrected chi connectivity index (χ3v) is 2.57. The van der Waals surface area contributed by atoms with Gasteiger partial charge in [0, 0.05) is 13.6 Å². The average molecular weight is 250 g/mol. The highest BCUT2D eigenvalue weighted by molar-refractivity contribution is 5.99. The molecular weight excluding hydrogens is 228 g/mol. The van der Waals surface area contributed by atoms with Crippen LogP contribution in [0.3, 0.4) is 0 Å². The zero-order valence-corrected chi connectivity index (χ0v) is 11.8. The third-order valence-electron chi connectivity index (χ3n) is 2.57. The lowest BCUT2D eigenvalue weighted by molar-refractivity contribution is 0.0601. The molecule has 0 aliphatic heterocycles. The Morgan fingerprint density at radius 3 is 2.50 bits per heavy atom. The minimum Gasteiger partial charge on any atom is -0.465 e. The second-order valence-corrected chi connectivity index (χ2v) is 5.65. The van der Waals surface area contributed by atoms with Gasteiger partial charge in [-0.15, -0.1) is 0 Å². The molecule has 0 atom stereocenters. The van der Waals surface area contributed by atoms with Crippen molar-refractivity contribution in [3.05, 3.63) is 23.8 Å². The number of ether oxygens (including phenoxy) is 1. The standard InChI is InChI=1S/C14H22N2O2/c1-14(2,3)9-16(4)12-10(13(17)18-5)7-6-8-11(12)15/h6-8H,9,15H2,1-5H3. The van der Waals surface area contributed by atoms with Gasteiger partial charge >= 0.3 is 5.97 Å². The fraction of sp³-hybridized carbons (Fsp3) is 0.500. The highest BCUT2D eigenvalue weighted by atomic mass is 16.5. The van der Waals surface area contributed by atoms with Gasteiger partial charge in [-0.3, -0.25) is 0 Å². The lowest BCUT2D eigenvalue weighted by atomic mass is 9.95. The molecule has 2 N–H and O–H groups in total. The summed E-state index contributed by atoms with van der Waals surface area (Å²) in [6.07, 6.45) is 0. The van der Waals surface area contributed by atoms with E-state index in [1.54, 1.807) is 18.2 Å². The normalized spacial score (nSPS) is 11.2. The number of rotatable bonds is 3. The van der Waals surface area contributed by atoms with Gasteiger partial charge in [0.1, 0.15) is 0 Å². The van der Waals surface area contributed by atoms with E-state index in [1.165, 1.54) is 7.11 Å². The highest BCUT2D eigenvalue weighted by Gasteiger charge is 2.21. The zero-order chi connectivity index (χ0) is 13.9. The summed E-state index contributed by atoms with van der Waals surface area (Å²) in [6.45, 7) is 7.21. The molecular formula is C14H22N2O2. The molecule has 0 saturated carbocycles. The monoisotopic (exact) mass is 250 g/mol. The number of nitrogens with zero attached hydrogens (tertiary/aromatic N) is 1. The average Bonchev–Trinajstić information content (AvgIpc) is 2.25. The topological polar surface area (TPSA) is 55.6 Å². The van der Waals surface area contributed by atoms with Gasteiger partial charge in [0.25, 0.3) is 0 Å². The minimum atomic E-state index is -0.363. The van der Waals surface area contributed by atoms with E-state index in [-0.39, 0.29) is 11.4 Å². The molecule has 0 bridgehead atoms. The van der Waals surface area contributed by atoms with Crippen molar-refractivity contribution in [2.75, 3.05) is 31.3 Å². The largest absolute Gasteiger partial charge is 0.465 e. The number of nitrogen functional groups attached to an aromatic ring is 1. The van der Waals surface area contributed by atoms with Crippen LogP contribution in [0.25, 0.3) is 0 Å². The Hall–Kier alpha value is -1.71. The van der Waals surface area contributed by atoms with E-state index in [9.17, 15) is 4.79 Å². The van der Waals surface area contributed by atoms with E-state index in [0.717, 1.165) is 12.2 Å². The highest BCUT2D eigenvalue weighted by Crippen LogP contribution is 2.30. The molecule has 0 aliphatic carbocycles. The van der Waals surface area contributed by atoms with Gasteiger partial charge in [-0.05, 0) is 17.5 Å². The summed E-state index contributed by atoms with van der Waals surface area (Å²) in [5, 5.41) is 0. The Kier molecular flexibility index (Phi) is 4.22.